The van der Waals surface area contributed by atoms with Crippen LogP contribution in [0.5, 0.6) is 0 Å². The minimum absolute atomic E-state index is 0.464. The molecule has 4 amide bonds. The quantitative estimate of drug-likeness (QED) is 0.0712. The molecule has 0 unspecified atom stereocenters. The Bertz CT molecular complexity index is 1720. The Morgan fingerprint density at radius 1 is 0.457 bits per heavy atom. The van der Waals surface area contributed by atoms with E-state index in [4.69, 9.17) is 0 Å². The third-order valence-electron chi connectivity index (χ3n) is 5.84. The minimum Gasteiger partial charge on any atom is -0.307 e. The maximum atomic E-state index is 12.2. The highest BCUT2D eigenvalue weighted by Crippen LogP contribution is 2.21. The SMILES string of the molecule is O=C(NN=Cc1cccc(/C=N\NC(=O)Nc2ccc(N=Nc3ccccc3)cc2)n1)Nc1ccc(N=Nc2ccccc2)cc1. The molecule has 0 saturated heterocycles. The molecule has 0 aliphatic heterocycles. The molecule has 5 aromatic rings. The zero-order chi connectivity index (χ0) is 31.8. The van der Waals surface area contributed by atoms with Crippen LogP contribution in [0.25, 0.3) is 0 Å². The molecule has 0 radical (unpaired) electrons. The molecule has 0 aliphatic rings. The second kappa shape index (κ2) is 16.1. The number of hydrazone groups is 2. The summed E-state index contributed by atoms with van der Waals surface area (Å²) < 4.78 is 0. The number of carbonyl (C=O) groups is 2. The van der Waals surface area contributed by atoms with Crippen LogP contribution in [-0.2, 0) is 0 Å². The lowest BCUT2D eigenvalue weighted by Crippen LogP contribution is -2.24. The molecule has 1 aromatic heterocycles. The van der Waals surface area contributed by atoms with Crippen molar-refractivity contribution in [3.05, 3.63) is 139 Å². The molecule has 0 aliphatic carbocycles. The minimum atomic E-state index is -0.533. The van der Waals surface area contributed by atoms with Crippen molar-refractivity contribution < 1.29 is 9.59 Å². The number of hydrogen-bond donors (Lipinski definition) is 4. The Balaban J connectivity index is 1.04. The van der Waals surface area contributed by atoms with E-state index in [1.807, 2.05) is 60.7 Å². The summed E-state index contributed by atoms with van der Waals surface area (Å²) in [7, 11) is 0. The van der Waals surface area contributed by atoms with Gasteiger partial charge in [-0.3, -0.25) is 0 Å². The van der Waals surface area contributed by atoms with Gasteiger partial charge in [0.1, 0.15) is 0 Å². The number of nitrogens with zero attached hydrogens (tertiary/aromatic N) is 7. The molecule has 0 atom stereocenters. The van der Waals surface area contributed by atoms with Gasteiger partial charge in [-0.05, 0) is 84.9 Å². The van der Waals surface area contributed by atoms with Gasteiger partial charge < -0.3 is 10.6 Å². The number of pyridine rings is 1. The second-order valence-corrected chi connectivity index (χ2v) is 9.30. The summed E-state index contributed by atoms with van der Waals surface area (Å²) in [5.41, 5.74) is 9.60. The van der Waals surface area contributed by atoms with Crippen molar-refractivity contribution in [2.75, 3.05) is 10.6 Å². The Labute approximate surface area is 263 Å². The van der Waals surface area contributed by atoms with Gasteiger partial charge in [-0.1, -0.05) is 42.5 Å². The maximum Gasteiger partial charge on any atom is 0.339 e. The monoisotopic (exact) mass is 609 g/mol. The van der Waals surface area contributed by atoms with Crippen molar-refractivity contribution in [3.63, 3.8) is 0 Å². The van der Waals surface area contributed by atoms with E-state index in [1.165, 1.54) is 12.4 Å². The lowest BCUT2D eigenvalue weighted by atomic mass is 10.3. The predicted octanol–water partition coefficient (Wildman–Crippen LogP) is 8.22. The van der Waals surface area contributed by atoms with Gasteiger partial charge >= 0.3 is 12.1 Å². The molecule has 0 saturated carbocycles. The van der Waals surface area contributed by atoms with Gasteiger partial charge in [-0.25, -0.2) is 25.4 Å². The molecule has 1 heterocycles. The number of hydrogen-bond acceptors (Lipinski definition) is 9. The van der Waals surface area contributed by atoms with Crippen molar-refractivity contribution in [2.24, 2.45) is 30.7 Å². The molecular formula is C33H27N11O2. The summed E-state index contributed by atoms with van der Waals surface area (Å²) >= 11 is 0. The Kier molecular flexibility index (Phi) is 10.7. The highest BCUT2D eigenvalue weighted by Gasteiger charge is 2.02. The molecule has 4 N–H and O–H groups in total. The first-order chi connectivity index (χ1) is 22.6. The van der Waals surface area contributed by atoms with Crippen molar-refractivity contribution in [3.8, 4) is 0 Å². The van der Waals surface area contributed by atoms with E-state index < -0.39 is 12.1 Å². The molecular weight excluding hydrogens is 582 g/mol. The van der Waals surface area contributed by atoms with Gasteiger partial charge in [0.25, 0.3) is 0 Å². The molecule has 0 fully saturated rings. The zero-order valence-corrected chi connectivity index (χ0v) is 24.2. The van der Waals surface area contributed by atoms with Crippen LogP contribution in [0.2, 0.25) is 0 Å². The largest absolute Gasteiger partial charge is 0.339 e. The molecule has 4 aromatic carbocycles. The van der Waals surface area contributed by atoms with Crippen molar-refractivity contribution in [2.45, 2.75) is 0 Å². The Hall–Kier alpha value is -6.89. The number of aromatic nitrogens is 1. The topological polar surface area (TPSA) is 169 Å². The van der Waals surface area contributed by atoms with E-state index in [9.17, 15) is 9.59 Å². The summed E-state index contributed by atoms with van der Waals surface area (Å²) in [5.74, 6) is 0. The van der Waals surface area contributed by atoms with E-state index in [0.29, 0.717) is 34.1 Å². The second-order valence-electron chi connectivity index (χ2n) is 9.30. The van der Waals surface area contributed by atoms with Crippen LogP contribution in [0.15, 0.2) is 158 Å². The van der Waals surface area contributed by atoms with Crippen LogP contribution in [0.3, 0.4) is 0 Å². The molecule has 0 spiro atoms. The fraction of sp³-hybridized carbons (Fsp3) is 0. The van der Waals surface area contributed by atoms with Crippen LogP contribution < -0.4 is 21.5 Å². The van der Waals surface area contributed by atoms with Gasteiger partial charge in [0.05, 0.1) is 46.6 Å². The number of azo groups is 2. The fourth-order valence-corrected chi connectivity index (χ4v) is 3.69. The van der Waals surface area contributed by atoms with Crippen LogP contribution in [0.1, 0.15) is 11.4 Å². The van der Waals surface area contributed by atoms with E-state index in [2.05, 4.69) is 57.1 Å². The fourth-order valence-electron chi connectivity index (χ4n) is 3.69. The Morgan fingerprint density at radius 2 is 0.826 bits per heavy atom. The average Bonchev–Trinajstić information content (AvgIpc) is 3.09. The number of urea groups is 2. The van der Waals surface area contributed by atoms with Gasteiger partial charge in [0.2, 0.25) is 0 Å². The predicted molar refractivity (Wildman–Crippen MR) is 178 cm³/mol. The summed E-state index contributed by atoms with van der Waals surface area (Å²) in [6.45, 7) is 0. The van der Waals surface area contributed by atoms with Crippen LogP contribution in [0.4, 0.5) is 43.7 Å². The lowest BCUT2D eigenvalue weighted by Gasteiger charge is -2.04. The molecule has 46 heavy (non-hydrogen) atoms. The first-order valence-electron chi connectivity index (χ1n) is 13.9. The number of nitrogens with one attached hydrogen (secondary N) is 4. The standard InChI is InChI=1S/C33H27N11O2/c45-32(37-24-14-18-28(19-15-24)41-39-26-8-3-1-4-9-26)43-34-22-30-12-7-13-31(36-30)23-35-44-33(46)38-25-16-20-29(21-17-25)42-40-27-10-5-2-6-11-27/h1-23H,(H2,37,43,45)(H2,38,44,46)/b34-22-,35-23?,41-39?,42-40?. The van der Waals surface area contributed by atoms with E-state index in [0.717, 1.165) is 11.4 Å². The van der Waals surface area contributed by atoms with Crippen molar-refractivity contribution in [1.82, 2.24) is 15.8 Å². The number of benzene rings is 4. The number of rotatable bonds is 10. The third-order valence-corrected chi connectivity index (χ3v) is 5.84. The highest BCUT2D eigenvalue weighted by atomic mass is 16.2. The van der Waals surface area contributed by atoms with Crippen LogP contribution in [0, 0.1) is 0 Å². The van der Waals surface area contributed by atoms with E-state index >= 15 is 0 Å². The number of amides is 4. The van der Waals surface area contributed by atoms with Crippen molar-refractivity contribution >= 4 is 58.6 Å². The van der Waals surface area contributed by atoms with Crippen molar-refractivity contribution in [1.29, 1.82) is 0 Å². The zero-order valence-electron chi connectivity index (χ0n) is 24.2. The van der Waals surface area contributed by atoms with Crippen LogP contribution >= 0.6 is 0 Å². The van der Waals surface area contributed by atoms with Crippen LogP contribution in [-0.4, -0.2) is 29.5 Å². The average molecular weight is 610 g/mol. The lowest BCUT2D eigenvalue weighted by molar-refractivity contribution is 0.251. The summed E-state index contributed by atoms with van der Waals surface area (Å²) in [4.78, 5) is 28.8. The van der Waals surface area contributed by atoms with Gasteiger partial charge in [-0.15, -0.1) is 0 Å². The highest BCUT2D eigenvalue weighted by molar-refractivity contribution is 5.91. The molecule has 5 rings (SSSR count). The number of anilines is 2. The first-order valence-corrected chi connectivity index (χ1v) is 13.9. The third kappa shape index (κ3) is 10.1. The van der Waals surface area contributed by atoms with Gasteiger partial charge in [-0.2, -0.15) is 30.7 Å². The smallest absolute Gasteiger partial charge is 0.307 e. The number of carbonyl (C=O) groups excluding carboxylic acids is 2. The van der Waals surface area contributed by atoms with E-state index in [-0.39, 0.29) is 0 Å². The van der Waals surface area contributed by atoms with Gasteiger partial charge in [0.15, 0.2) is 0 Å². The summed E-state index contributed by atoms with van der Waals surface area (Å²) in [6, 6.07) is 36.6. The normalized spacial score (nSPS) is 11.3. The maximum absolute atomic E-state index is 12.2. The first kappa shape index (κ1) is 30.6. The molecule has 13 nitrogen and oxygen atoms in total. The summed E-state index contributed by atoms with van der Waals surface area (Å²) in [6.07, 6.45) is 2.76. The van der Waals surface area contributed by atoms with Gasteiger partial charge in [0, 0.05) is 11.4 Å². The molecule has 226 valence electrons. The molecule has 13 heteroatoms. The summed E-state index contributed by atoms with van der Waals surface area (Å²) in [5, 5.41) is 29.9. The van der Waals surface area contributed by atoms with E-state index in [1.54, 1.807) is 66.7 Å². The Morgan fingerprint density at radius 3 is 1.22 bits per heavy atom. The molecule has 0 bridgehead atoms.